The summed E-state index contributed by atoms with van der Waals surface area (Å²) in [5.41, 5.74) is 0.594. The van der Waals surface area contributed by atoms with Crippen molar-refractivity contribution in [2.24, 2.45) is 0 Å². The second-order valence-corrected chi connectivity index (χ2v) is 7.90. The van der Waals surface area contributed by atoms with Gasteiger partial charge in [0.25, 0.3) is 5.91 Å². The Bertz CT molecular complexity index is 685. The highest BCUT2D eigenvalue weighted by molar-refractivity contribution is 5.99. The van der Waals surface area contributed by atoms with E-state index in [0.29, 0.717) is 13.0 Å². The lowest BCUT2D eigenvalue weighted by Gasteiger charge is -2.23. The molecule has 1 aromatic carbocycles. The summed E-state index contributed by atoms with van der Waals surface area (Å²) in [6.07, 6.45) is -1.20. The Hall–Kier alpha value is -2.15. The normalized spacial score (nSPS) is 19.0. The van der Waals surface area contributed by atoms with Crippen molar-refractivity contribution in [2.75, 3.05) is 25.5 Å². The molecule has 1 aliphatic heterocycles. The van der Waals surface area contributed by atoms with Crippen molar-refractivity contribution < 1.29 is 18.7 Å². The van der Waals surface area contributed by atoms with Crippen LogP contribution in [0.1, 0.15) is 45.7 Å². The van der Waals surface area contributed by atoms with Gasteiger partial charge < -0.3 is 19.9 Å². The fourth-order valence-electron chi connectivity index (χ4n) is 2.77. The zero-order chi connectivity index (χ0) is 19.6. The third kappa shape index (κ3) is 4.72. The topological polar surface area (TPSA) is 61.9 Å². The Balaban J connectivity index is 2.09. The van der Waals surface area contributed by atoms with Gasteiger partial charge in [-0.3, -0.25) is 4.79 Å². The number of carbonyl (C=O) groups is 2. The lowest BCUT2D eigenvalue weighted by molar-refractivity contribution is -0.124. The van der Waals surface area contributed by atoms with Crippen molar-refractivity contribution in [2.45, 2.75) is 51.8 Å². The van der Waals surface area contributed by atoms with Crippen LogP contribution in [0.4, 0.5) is 14.9 Å². The minimum Gasteiger partial charge on any atom is -0.436 e. The molecule has 1 fully saturated rings. The number of rotatable bonds is 4. The van der Waals surface area contributed by atoms with Gasteiger partial charge in [0.15, 0.2) is 6.10 Å². The first-order valence-electron chi connectivity index (χ1n) is 8.75. The number of anilines is 1. The number of nitrogens with one attached hydrogen (secondary N) is 1. The van der Waals surface area contributed by atoms with Crippen LogP contribution in [-0.2, 0) is 9.53 Å². The minimum absolute atomic E-state index is 0.0602. The van der Waals surface area contributed by atoms with E-state index in [1.165, 1.54) is 11.0 Å². The number of benzene rings is 1. The van der Waals surface area contributed by atoms with E-state index in [-0.39, 0.29) is 11.7 Å². The van der Waals surface area contributed by atoms with Crippen molar-refractivity contribution in [1.29, 1.82) is 0 Å². The summed E-state index contributed by atoms with van der Waals surface area (Å²) in [5, 5.41) is 2.65. The van der Waals surface area contributed by atoms with Gasteiger partial charge in [-0.25, -0.2) is 9.18 Å². The SMILES string of the molecule is C[C@@H](c1ccc(N2CC[C@H](OC(=O)NC(C)(C)C)C2=O)c(F)c1)N(C)C. The maximum absolute atomic E-state index is 14.6. The largest absolute Gasteiger partial charge is 0.436 e. The quantitative estimate of drug-likeness (QED) is 0.891. The predicted octanol–water partition coefficient (Wildman–Crippen LogP) is 3.08. The fourth-order valence-corrected chi connectivity index (χ4v) is 2.77. The van der Waals surface area contributed by atoms with Gasteiger partial charge in [0.05, 0.1) is 5.69 Å². The highest BCUT2D eigenvalue weighted by Gasteiger charge is 2.37. The highest BCUT2D eigenvalue weighted by Crippen LogP contribution is 2.29. The van der Waals surface area contributed by atoms with E-state index in [9.17, 15) is 14.0 Å². The van der Waals surface area contributed by atoms with Gasteiger partial charge in [0.1, 0.15) is 5.82 Å². The summed E-state index contributed by atoms with van der Waals surface area (Å²) in [6, 6.07) is 4.94. The average Bonchev–Trinajstić information content (AvgIpc) is 2.85. The van der Waals surface area contributed by atoms with Crippen molar-refractivity contribution >= 4 is 17.7 Å². The summed E-state index contributed by atoms with van der Waals surface area (Å²) in [4.78, 5) is 27.7. The molecule has 2 rings (SSSR count). The summed E-state index contributed by atoms with van der Waals surface area (Å²) in [6.45, 7) is 7.76. The molecule has 0 unspecified atom stereocenters. The van der Waals surface area contributed by atoms with Gasteiger partial charge in [-0.05, 0) is 59.5 Å². The first-order chi connectivity index (χ1) is 12.0. The third-order valence-electron chi connectivity index (χ3n) is 4.40. The molecule has 6 nitrogen and oxygen atoms in total. The lowest BCUT2D eigenvalue weighted by Crippen LogP contribution is -2.43. The Morgan fingerprint density at radius 3 is 2.58 bits per heavy atom. The molecule has 0 saturated carbocycles. The molecule has 1 saturated heterocycles. The molecule has 0 bridgehead atoms. The van der Waals surface area contributed by atoms with E-state index in [1.54, 1.807) is 6.07 Å². The van der Waals surface area contributed by atoms with Crippen LogP contribution in [-0.4, -0.2) is 49.2 Å². The van der Waals surface area contributed by atoms with Crippen LogP contribution in [0.2, 0.25) is 0 Å². The van der Waals surface area contributed by atoms with E-state index in [4.69, 9.17) is 4.74 Å². The molecule has 1 aliphatic rings. The van der Waals surface area contributed by atoms with Crippen molar-refractivity contribution in [3.8, 4) is 0 Å². The molecule has 144 valence electrons. The first kappa shape index (κ1) is 20.2. The number of nitrogens with zero attached hydrogens (tertiary/aromatic N) is 2. The van der Waals surface area contributed by atoms with E-state index < -0.39 is 29.5 Å². The predicted molar refractivity (Wildman–Crippen MR) is 98.6 cm³/mol. The molecule has 0 aliphatic carbocycles. The molecular formula is C19H28FN3O3. The Morgan fingerprint density at radius 2 is 2.04 bits per heavy atom. The third-order valence-corrected chi connectivity index (χ3v) is 4.40. The standard InChI is InChI=1S/C19H28FN3O3/c1-12(22(5)6)13-7-8-15(14(20)11-13)23-10-9-16(17(23)24)26-18(25)21-19(2,3)4/h7-8,11-12,16H,9-10H2,1-6H3,(H,21,25)/t12-,16-/m0/s1. The van der Waals surface area contributed by atoms with Gasteiger partial charge in [-0.15, -0.1) is 0 Å². The molecule has 0 spiro atoms. The van der Waals surface area contributed by atoms with E-state index in [2.05, 4.69) is 5.32 Å². The zero-order valence-corrected chi connectivity index (χ0v) is 16.3. The van der Waals surface area contributed by atoms with E-state index >= 15 is 0 Å². The van der Waals surface area contributed by atoms with E-state index in [0.717, 1.165) is 5.56 Å². The molecule has 1 N–H and O–H groups in total. The summed E-state index contributed by atoms with van der Waals surface area (Å²) in [5.74, 6) is -0.856. The number of halogens is 1. The van der Waals surface area contributed by atoms with Crippen LogP contribution in [0.25, 0.3) is 0 Å². The highest BCUT2D eigenvalue weighted by atomic mass is 19.1. The second kappa shape index (κ2) is 7.61. The van der Waals surface area contributed by atoms with E-state index in [1.807, 2.05) is 52.8 Å². The fraction of sp³-hybridized carbons (Fsp3) is 0.579. The van der Waals surface area contributed by atoms with Crippen molar-refractivity contribution in [3.05, 3.63) is 29.6 Å². The summed E-state index contributed by atoms with van der Waals surface area (Å²) >= 11 is 0. The molecule has 26 heavy (non-hydrogen) atoms. The van der Waals surface area contributed by atoms with Gasteiger partial charge >= 0.3 is 6.09 Å². The zero-order valence-electron chi connectivity index (χ0n) is 16.3. The maximum atomic E-state index is 14.6. The van der Waals surface area contributed by atoms with Crippen molar-refractivity contribution in [3.63, 3.8) is 0 Å². The molecular weight excluding hydrogens is 337 g/mol. The molecule has 0 radical (unpaired) electrons. The first-order valence-corrected chi connectivity index (χ1v) is 8.75. The average molecular weight is 365 g/mol. The number of carbonyl (C=O) groups excluding carboxylic acids is 2. The molecule has 1 heterocycles. The van der Waals surface area contributed by atoms with Crippen LogP contribution in [0.5, 0.6) is 0 Å². The molecule has 2 amide bonds. The van der Waals surface area contributed by atoms with Crippen LogP contribution < -0.4 is 10.2 Å². The number of hydrogen-bond acceptors (Lipinski definition) is 4. The van der Waals surface area contributed by atoms with Crippen LogP contribution >= 0.6 is 0 Å². The number of alkyl carbamates (subject to hydrolysis) is 1. The monoisotopic (exact) mass is 365 g/mol. The summed E-state index contributed by atoms with van der Waals surface area (Å²) in [7, 11) is 3.84. The minimum atomic E-state index is -0.892. The Labute approximate surface area is 154 Å². The lowest BCUT2D eigenvalue weighted by atomic mass is 10.1. The summed E-state index contributed by atoms with van der Waals surface area (Å²) < 4.78 is 19.8. The van der Waals surface area contributed by atoms with Gasteiger partial charge in [-0.2, -0.15) is 0 Å². The van der Waals surface area contributed by atoms with Crippen molar-refractivity contribution in [1.82, 2.24) is 10.2 Å². The van der Waals surface area contributed by atoms with Gasteiger partial charge in [0.2, 0.25) is 0 Å². The number of hydrogen-bond donors (Lipinski definition) is 1. The van der Waals surface area contributed by atoms with Crippen LogP contribution in [0.15, 0.2) is 18.2 Å². The maximum Gasteiger partial charge on any atom is 0.408 e. The van der Waals surface area contributed by atoms with Gasteiger partial charge in [0, 0.05) is 24.5 Å². The van der Waals surface area contributed by atoms with Gasteiger partial charge in [-0.1, -0.05) is 6.07 Å². The number of ether oxygens (including phenoxy) is 1. The number of amides is 2. The van der Waals surface area contributed by atoms with Crippen LogP contribution in [0, 0.1) is 5.82 Å². The molecule has 0 aromatic heterocycles. The Kier molecular flexibility index (Phi) is 5.91. The smallest absolute Gasteiger partial charge is 0.408 e. The Morgan fingerprint density at radius 1 is 1.38 bits per heavy atom. The second-order valence-electron chi connectivity index (χ2n) is 7.90. The molecule has 7 heteroatoms. The van der Waals surface area contributed by atoms with Crippen LogP contribution in [0.3, 0.4) is 0 Å². The molecule has 1 aromatic rings. The molecule has 2 atom stereocenters.